The van der Waals surface area contributed by atoms with Crippen molar-refractivity contribution in [2.24, 2.45) is 0 Å². The Hall–Kier alpha value is -3.46. The van der Waals surface area contributed by atoms with Crippen molar-refractivity contribution in [3.05, 3.63) is 66.5 Å². The number of nitrogens with one attached hydrogen (secondary N) is 2. The van der Waals surface area contributed by atoms with Crippen molar-refractivity contribution < 1.29 is 17.9 Å². The fourth-order valence-corrected chi connectivity index (χ4v) is 3.11. The summed E-state index contributed by atoms with van der Waals surface area (Å²) in [5, 5.41) is 2.69. The number of benzene rings is 2. The molecule has 0 atom stereocenters. The van der Waals surface area contributed by atoms with Gasteiger partial charge in [0, 0.05) is 22.9 Å². The molecule has 0 saturated carbocycles. The second-order valence-electron chi connectivity index (χ2n) is 5.90. The lowest BCUT2D eigenvalue weighted by molar-refractivity contribution is 0.102. The zero-order chi connectivity index (χ0) is 20.1. The summed E-state index contributed by atoms with van der Waals surface area (Å²) in [6.45, 7) is 0. The average Bonchev–Trinajstić information content (AvgIpc) is 2.67. The van der Waals surface area contributed by atoms with E-state index in [2.05, 4.69) is 20.0 Å². The zero-order valence-electron chi connectivity index (χ0n) is 15.2. The summed E-state index contributed by atoms with van der Waals surface area (Å²) in [7, 11) is -1.87. The highest BCUT2D eigenvalue weighted by molar-refractivity contribution is 7.92. The molecular formula is C19H18N4O4S. The molecule has 0 bridgehead atoms. The van der Waals surface area contributed by atoms with E-state index in [-0.39, 0.29) is 5.56 Å². The van der Waals surface area contributed by atoms with E-state index in [0.29, 0.717) is 22.9 Å². The van der Waals surface area contributed by atoms with Gasteiger partial charge < -0.3 is 10.1 Å². The number of carbonyl (C=O) groups excluding carboxylic acids is 1. The van der Waals surface area contributed by atoms with Crippen LogP contribution in [0.4, 0.5) is 11.5 Å². The molecule has 28 heavy (non-hydrogen) atoms. The molecule has 0 aliphatic carbocycles. The molecule has 0 fully saturated rings. The molecule has 0 aliphatic heterocycles. The molecule has 2 N–H and O–H groups in total. The van der Waals surface area contributed by atoms with E-state index in [1.807, 2.05) is 24.3 Å². The van der Waals surface area contributed by atoms with Crippen molar-refractivity contribution in [3.8, 4) is 17.0 Å². The highest BCUT2D eigenvalue weighted by Crippen LogP contribution is 2.28. The topological polar surface area (TPSA) is 110 Å². The first-order valence-electron chi connectivity index (χ1n) is 8.20. The molecule has 144 valence electrons. The number of sulfonamides is 1. The molecule has 3 rings (SSSR count). The van der Waals surface area contributed by atoms with Gasteiger partial charge in [-0.3, -0.25) is 9.52 Å². The third-order valence-corrected chi connectivity index (χ3v) is 4.33. The molecular weight excluding hydrogens is 380 g/mol. The summed E-state index contributed by atoms with van der Waals surface area (Å²) < 4.78 is 30.4. The second kappa shape index (κ2) is 8.05. The van der Waals surface area contributed by atoms with Gasteiger partial charge in [-0.25, -0.2) is 18.4 Å². The molecule has 8 nitrogen and oxygen atoms in total. The maximum absolute atomic E-state index is 12.5. The van der Waals surface area contributed by atoms with E-state index in [4.69, 9.17) is 4.74 Å². The van der Waals surface area contributed by atoms with Crippen LogP contribution in [0.25, 0.3) is 11.3 Å². The Morgan fingerprint density at radius 1 is 1.04 bits per heavy atom. The van der Waals surface area contributed by atoms with Gasteiger partial charge >= 0.3 is 0 Å². The lowest BCUT2D eigenvalue weighted by Crippen LogP contribution is -2.14. The first-order valence-corrected chi connectivity index (χ1v) is 10.1. The Balaban J connectivity index is 1.83. The fourth-order valence-electron chi connectivity index (χ4n) is 2.56. The molecule has 0 unspecified atom stereocenters. The highest BCUT2D eigenvalue weighted by atomic mass is 32.2. The average molecular weight is 398 g/mol. The van der Waals surface area contributed by atoms with E-state index >= 15 is 0 Å². The Morgan fingerprint density at radius 3 is 2.57 bits per heavy atom. The van der Waals surface area contributed by atoms with E-state index in [1.165, 1.54) is 12.4 Å². The van der Waals surface area contributed by atoms with Gasteiger partial charge in [-0.15, -0.1) is 0 Å². The van der Waals surface area contributed by atoms with Gasteiger partial charge in [0.05, 0.1) is 19.1 Å². The largest absolute Gasteiger partial charge is 0.496 e. The molecule has 1 amide bonds. The molecule has 0 radical (unpaired) electrons. The lowest BCUT2D eigenvalue weighted by atomic mass is 10.1. The normalized spacial score (nSPS) is 10.9. The van der Waals surface area contributed by atoms with Crippen LogP contribution in [0.5, 0.6) is 5.75 Å². The maximum atomic E-state index is 12.5. The number of carbonyl (C=O) groups is 1. The second-order valence-corrected chi connectivity index (χ2v) is 7.65. The van der Waals surface area contributed by atoms with Crippen LogP contribution >= 0.6 is 0 Å². The van der Waals surface area contributed by atoms with Gasteiger partial charge in [0.2, 0.25) is 10.0 Å². The number of rotatable bonds is 6. The molecule has 1 aromatic heterocycles. The Bertz CT molecular complexity index is 1120. The van der Waals surface area contributed by atoms with Gasteiger partial charge in [0.1, 0.15) is 17.9 Å². The maximum Gasteiger partial charge on any atom is 0.256 e. The number of hydrogen-bond donors (Lipinski definition) is 2. The molecule has 0 aliphatic rings. The third-order valence-electron chi connectivity index (χ3n) is 3.72. The van der Waals surface area contributed by atoms with Crippen molar-refractivity contribution >= 4 is 27.4 Å². The smallest absolute Gasteiger partial charge is 0.256 e. The Labute approximate surface area is 162 Å². The van der Waals surface area contributed by atoms with Crippen LogP contribution < -0.4 is 14.8 Å². The number of para-hydroxylation sites is 1. The number of nitrogens with zero attached hydrogens (tertiary/aromatic N) is 2. The monoisotopic (exact) mass is 398 g/mol. The van der Waals surface area contributed by atoms with Gasteiger partial charge in [0.25, 0.3) is 5.91 Å². The predicted molar refractivity (Wildman–Crippen MR) is 107 cm³/mol. The van der Waals surface area contributed by atoms with Crippen LogP contribution in [0.1, 0.15) is 10.4 Å². The standard InChI is InChI=1S/C19H18N4O4S/c1-27-17-9-4-3-8-15(17)16-11-18(21-12-20-16)22-19(24)13-6-5-7-14(10-13)23-28(2,25)26/h3-12,23H,1-2H3,(H,20,21,22,24). The van der Waals surface area contributed by atoms with Gasteiger partial charge in [-0.05, 0) is 30.3 Å². The van der Waals surface area contributed by atoms with E-state index in [9.17, 15) is 13.2 Å². The van der Waals surface area contributed by atoms with E-state index in [0.717, 1.165) is 11.8 Å². The van der Waals surface area contributed by atoms with Crippen molar-refractivity contribution in [1.29, 1.82) is 0 Å². The molecule has 1 heterocycles. The number of amides is 1. The van der Waals surface area contributed by atoms with E-state index < -0.39 is 15.9 Å². The van der Waals surface area contributed by atoms with E-state index in [1.54, 1.807) is 31.4 Å². The van der Waals surface area contributed by atoms with Crippen LogP contribution in [-0.4, -0.2) is 37.7 Å². The first kappa shape index (κ1) is 19.3. The molecule has 0 spiro atoms. The summed E-state index contributed by atoms with van der Waals surface area (Å²) in [5.41, 5.74) is 1.94. The van der Waals surface area contributed by atoms with Crippen LogP contribution in [0.2, 0.25) is 0 Å². The summed E-state index contributed by atoms with van der Waals surface area (Å²) in [4.78, 5) is 20.8. The minimum Gasteiger partial charge on any atom is -0.496 e. The summed E-state index contributed by atoms with van der Waals surface area (Å²) >= 11 is 0. The summed E-state index contributed by atoms with van der Waals surface area (Å²) in [6, 6.07) is 15.2. The summed E-state index contributed by atoms with van der Waals surface area (Å²) in [5.74, 6) is 0.530. The van der Waals surface area contributed by atoms with Crippen LogP contribution in [-0.2, 0) is 10.0 Å². The number of ether oxygens (including phenoxy) is 1. The van der Waals surface area contributed by atoms with Crippen molar-refractivity contribution in [1.82, 2.24) is 9.97 Å². The van der Waals surface area contributed by atoms with Crippen LogP contribution in [0, 0.1) is 0 Å². The third kappa shape index (κ3) is 4.83. The van der Waals surface area contributed by atoms with Crippen LogP contribution in [0.3, 0.4) is 0 Å². The van der Waals surface area contributed by atoms with Crippen molar-refractivity contribution in [3.63, 3.8) is 0 Å². The minimum atomic E-state index is -3.44. The number of hydrogen-bond acceptors (Lipinski definition) is 6. The molecule has 2 aromatic carbocycles. The molecule has 0 saturated heterocycles. The quantitative estimate of drug-likeness (QED) is 0.661. The highest BCUT2D eigenvalue weighted by Gasteiger charge is 2.12. The van der Waals surface area contributed by atoms with Crippen molar-refractivity contribution in [2.75, 3.05) is 23.4 Å². The Kier molecular flexibility index (Phi) is 5.55. The SMILES string of the molecule is COc1ccccc1-c1cc(NC(=O)c2cccc(NS(C)(=O)=O)c2)ncn1. The van der Waals surface area contributed by atoms with Crippen molar-refractivity contribution in [2.45, 2.75) is 0 Å². The predicted octanol–water partition coefficient (Wildman–Crippen LogP) is 2.78. The minimum absolute atomic E-state index is 0.283. The first-order chi connectivity index (χ1) is 13.4. The fraction of sp³-hybridized carbons (Fsp3) is 0.105. The van der Waals surface area contributed by atoms with Crippen LogP contribution in [0.15, 0.2) is 60.9 Å². The van der Waals surface area contributed by atoms with Gasteiger partial charge in [-0.2, -0.15) is 0 Å². The summed E-state index contributed by atoms with van der Waals surface area (Å²) in [6.07, 6.45) is 2.39. The zero-order valence-corrected chi connectivity index (χ0v) is 16.0. The van der Waals surface area contributed by atoms with Gasteiger partial charge in [0.15, 0.2) is 0 Å². The number of methoxy groups -OCH3 is 1. The molecule has 3 aromatic rings. The Morgan fingerprint density at radius 2 is 1.82 bits per heavy atom. The lowest BCUT2D eigenvalue weighted by Gasteiger charge is -2.10. The van der Waals surface area contributed by atoms with Gasteiger partial charge in [-0.1, -0.05) is 18.2 Å². The number of aromatic nitrogens is 2. The number of anilines is 2. The molecule has 9 heteroatoms.